The van der Waals surface area contributed by atoms with E-state index in [4.69, 9.17) is 0 Å². The zero-order valence-electron chi connectivity index (χ0n) is 13.6. The van der Waals surface area contributed by atoms with E-state index in [9.17, 15) is 0 Å². The smallest absolute Gasteiger partial charge is 0.0351 e. The van der Waals surface area contributed by atoms with E-state index < -0.39 is 0 Å². The zero-order valence-corrected chi connectivity index (χ0v) is 13.6. The first-order valence-corrected chi connectivity index (χ1v) is 9.30. The lowest BCUT2D eigenvalue weighted by Gasteiger charge is -2.01. The molecule has 0 nitrogen and oxygen atoms in total. The van der Waals surface area contributed by atoms with Crippen LogP contribution in [0.1, 0.15) is 103 Å². The molecule has 0 aromatic heterocycles. The fourth-order valence-electron chi connectivity index (χ4n) is 2.93. The molecule has 0 fully saturated rings. The lowest BCUT2D eigenvalue weighted by Crippen LogP contribution is -1.81. The largest absolute Gasteiger partial charge is 0.0885 e. The lowest BCUT2D eigenvalue weighted by atomic mass is 10.1. The van der Waals surface area contributed by atoms with Gasteiger partial charge in [0.15, 0.2) is 0 Å². The van der Waals surface area contributed by atoms with E-state index in [1.165, 1.54) is 103 Å². The van der Waals surface area contributed by atoms with Crippen LogP contribution in [0.3, 0.4) is 0 Å². The van der Waals surface area contributed by atoms with Crippen molar-refractivity contribution in [3.63, 3.8) is 0 Å². The number of hydrogen-bond acceptors (Lipinski definition) is 0. The fraction of sp³-hybridized carbons (Fsp3) is 0.800. The van der Waals surface area contributed by atoms with Crippen LogP contribution in [0.2, 0.25) is 0 Å². The van der Waals surface area contributed by atoms with E-state index in [2.05, 4.69) is 24.3 Å². The minimum atomic E-state index is 1.31. The molecule has 0 bridgehead atoms. The minimum Gasteiger partial charge on any atom is -0.0885 e. The molecule has 0 spiro atoms. The van der Waals surface area contributed by atoms with Gasteiger partial charge in [-0.3, -0.25) is 0 Å². The van der Waals surface area contributed by atoms with Crippen LogP contribution in [0.15, 0.2) is 24.3 Å². The molecule has 0 atom stereocenters. The van der Waals surface area contributed by atoms with E-state index in [-0.39, 0.29) is 0 Å². The molecule has 1 rings (SSSR count). The predicted molar refractivity (Wildman–Crippen MR) is 92.2 cm³/mol. The van der Waals surface area contributed by atoms with E-state index >= 15 is 0 Å². The molecule has 0 radical (unpaired) electrons. The van der Waals surface area contributed by atoms with Gasteiger partial charge >= 0.3 is 0 Å². The van der Waals surface area contributed by atoms with Crippen molar-refractivity contribution < 1.29 is 0 Å². The Bertz CT molecular complexity index is 186. The second-order valence-corrected chi connectivity index (χ2v) is 6.34. The molecule has 0 saturated carbocycles. The molecule has 0 heterocycles. The maximum Gasteiger partial charge on any atom is -0.0351 e. The molecular weight excluding hydrogens is 240 g/mol. The highest BCUT2D eigenvalue weighted by Crippen LogP contribution is 2.12. The third-order valence-corrected chi connectivity index (χ3v) is 4.32. The Morgan fingerprint density at radius 1 is 0.250 bits per heavy atom. The van der Waals surface area contributed by atoms with Gasteiger partial charge in [-0.15, -0.1) is 0 Å². The lowest BCUT2D eigenvalue weighted by molar-refractivity contribution is 0.592. The molecule has 0 N–H and O–H groups in total. The first-order valence-electron chi connectivity index (χ1n) is 9.30. The van der Waals surface area contributed by atoms with E-state index in [1.54, 1.807) is 0 Å². The number of allylic oxidation sites excluding steroid dienone is 4. The Labute approximate surface area is 127 Å². The van der Waals surface area contributed by atoms with Crippen LogP contribution in [0.25, 0.3) is 0 Å². The molecule has 0 aromatic carbocycles. The molecular formula is C20H36. The third kappa shape index (κ3) is 12.5. The average Bonchev–Trinajstić information content (AvgIpc) is 2.46. The summed E-state index contributed by atoms with van der Waals surface area (Å²) in [5.41, 5.74) is 0. The fourth-order valence-corrected chi connectivity index (χ4v) is 2.93. The topological polar surface area (TPSA) is 0 Å². The summed E-state index contributed by atoms with van der Waals surface area (Å²) in [6.07, 6.45) is 32.0. The molecule has 20 heavy (non-hydrogen) atoms. The number of rotatable bonds is 0. The van der Waals surface area contributed by atoms with E-state index in [1.807, 2.05) is 0 Å². The predicted octanol–water partition coefficient (Wildman–Crippen LogP) is 7.35. The van der Waals surface area contributed by atoms with Crippen LogP contribution < -0.4 is 0 Å². The molecule has 0 amide bonds. The Kier molecular flexibility index (Phi) is 13.0. The highest BCUT2D eigenvalue weighted by atomic mass is 14.0. The van der Waals surface area contributed by atoms with Crippen molar-refractivity contribution >= 4 is 0 Å². The van der Waals surface area contributed by atoms with Crippen LogP contribution in [-0.4, -0.2) is 0 Å². The van der Waals surface area contributed by atoms with Gasteiger partial charge in [0.2, 0.25) is 0 Å². The monoisotopic (exact) mass is 276 g/mol. The standard InChI is InChI=1S/C20H36/c1-2-4-6-8-10-12-14-16-18-20-19-17-15-13-11-9-7-5-3-1/h1-2,19-20H,3-18H2/b2-1+,20-19+. The van der Waals surface area contributed by atoms with Crippen molar-refractivity contribution in [1.82, 2.24) is 0 Å². The van der Waals surface area contributed by atoms with E-state index in [0.29, 0.717) is 0 Å². The van der Waals surface area contributed by atoms with Gasteiger partial charge in [0.25, 0.3) is 0 Å². The second kappa shape index (κ2) is 14.9. The SMILES string of the molecule is C1=C/CCCCCCCC/C=C/CCCCCCCC/1. The zero-order chi connectivity index (χ0) is 14.1. The van der Waals surface area contributed by atoms with Gasteiger partial charge in [-0.1, -0.05) is 75.7 Å². The van der Waals surface area contributed by atoms with Crippen LogP contribution in [0.5, 0.6) is 0 Å². The van der Waals surface area contributed by atoms with Crippen LogP contribution in [0.4, 0.5) is 0 Å². The molecule has 0 saturated heterocycles. The van der Waals surface area contributed by atoms with Gasteiger partial charge in [-0.2, -0.15) is 0 Å². The highest BCUT2D eigenvalue weighted by molar-refractivity contribution is 4.82. The summed E-state index contributed by atoms with van der Waals surface area (Å²) in [5.74, 6) is 0. The molecule has 0 unspecified atom stereocenters. The van der Waals surface area contributed by atoms with Gasteiger partial charge in [-0.05, 0) is 51.4 Å². The van der Waals surface area contributed by atoms with Crippen LogP contribution >= 0.6 is 0 Å². The Morgan fingerprint density at radius 3 is 0.700 bits per heavy atom. The summed E-state index contributed by atoms with van der Waals surface area (Å²) < 4.78 is 0. The number of hydrogen-bond donors (Lipinski definition) is 0. The summed E-state index contributed by atoms with van der Waals surface area (Å²) in [6.45, 7) is 0. The maximum atomic E-state index is 2.42. The van der Waals surface area contributed by atoms with Crippen LogP contribution in [0, 0.1) is 0 Å². The molecule has 0 heteroatoms. The summed E-state index contributed by atoms with van der Waals surface area (Å²) >= 11 is 0. The first-order chi connectivity index (χ1) is 10.0. The van der Waals surface area contributed by atoms with Crippen molar-refractivity contribution in [3.8, 4) is 0 Å². The molecule has 0 aliphatic heterocycles. The second-order valence-electron chi connectivity index (χ2n) is 6.34. The van der Waals surface area contributed by atoms with Gasteiger partial charge in [0.1, 0.15) is 0 Å². The first kappa shape index (κ1) is 17.5. The molecule has 1 aliphatic carbocycles. The van der Waals surface area contributed by atoms with Crippen molar-refractivity contribution in [3.05, 3.63) is 24.3 Å². The van der Waals surface area contributed by atoms with Crippen molar-refractivity contribution in [2.24, 2.45) is 0 Å². The highest BCUT2D eigenvalue weighted by Gasteiger charge is 1.92. The maximum absolute atomic E-state index is 2.42. The van der Waals surface area contributed by atoms with Crippen molar-refractivity contribution in [1.29, 1.82) is 0 Å². The van der Waals surface area contributed by atoms with Crippen LogP contribution in [-0.2, 0) is 0 Å². The Balaban J connectivity index is 2.11. The van der Waals surface area contributed by atoms with Crippen molar-refractivity contribution in [2.75, 3.05) is 0 Å². The van der Waals surface area contributed by atoms with Crippen molar-refractivity contribution in [2.45, 2.75) is 103 Å². The van der Waals surface area contributed by atoms with Gasteiger partial charge < -0.3 is 0 Å². The molecule has 1 aliphatic rings. The molecule has 0 aromatic rings. The summed E-state index contributed by atoms with van der Waals surface area (Å²) in [7, 11) is 0. The summed E-state index contributed by atoms with van der Waals surface area (Å²) in [5, 5.41) is 0. The molecule has 116 valence electrons. The van der Waals surface area contributed by atoms with Gasteiger partial charge in [-0.25, -0.2) is 0 Å². The average molecular weight is 277 g/mol. The summed E-state index contributed by atoms with van der Waals surface area (Å²) in [6, 6.07) is 0. The van der Waals surface area contributed by atoms with Gasteiger partial charge in [0.05, 0.1) is 0 Å². The normalized spacial score (nSPS) is 25.6. The Hall–Kier alpha value is -0.520. The van der Waals surface area contributed by atoms with Gasteiger partial charge in [0, 0.05) is 0 Å². The third-order valence-electron chi connectivity index (χ3n) is 4.32. The van der Waals surface area contributed by atoms with E-state index in [0.717, 1.165) is 0 Å². The quantitative estimate of drug-likeness (QED) is 0.405. The summed E-state index contributed by atoms with van der Waals surface area (Å²) in [4.78, 5) is 0. The minimum absolute atomic E-state index is 1.31. The Morgan fingerprint density at radius 2 is 0.450 bits per heavy atom.